The number of aromatic nitrogens is 4. The Morgan fingerprint density at radius 2 is 2.11 bits per heavy atom. The number of hydrogen-bond donors (Lipinski definition) is 0. The van der Waals surface area contributed by atoms with E-state index in [4.69, 9.17) is 0 Å². The molecule has 0 saturated carbocycles. The van der Waals surface area contributed by atoms with Gasteiger partial charge in [-0.1, -0.05) is 17.4 Å². The van der Waals surface area contributed by atoms with Crippen LogP contribution in [0.3, 0.4) is 0 Å². The first-order chi connectivity index (χ1) is 13.4. The smallest absolute Gasteiger partial charge is 0.278 e. The molecule has 28 heavy (non-hydrogen) atoms. The summed E-state index contributed by atoms with van der Waals surface area (Å²) in [7, 11) is 1.74. The van der Waals surface area contributed by atoms with Crippen molar-refractivity contribution in [3.8, 4) is 0 Å². The summed E-state index contributed by atoms with van der Waals surface area (Å²) >= 11 is 1.05. The first-order valence-electron chi connectivity index (χ1n) is 8.39. The van der Waals surface area contributed by atoms with E-state index in [2.05, 4.69) is 15.1 Å². The SMILES string of the molecule is Cc1cc(C(=O)N(Cc2cccnc2)c2nc3c(F)cc(F)cc3s2)nn1C. The molecule has 0 radical (unpaired) electrons. The molecule has 0 unspecified atom stereocenters. The van der Waals surface area contributed by atoms with Crippen molar-refractivity contribution in [1.82, 2.24) is 19.7 Å². The average Bonchev–Trinajstić information content (AvgIpc) is 3.23. The second-order valence-electron chi connectivity index (χ2n) is 6.28. The average molecular weight is 399 g/mol. The summed E-state index contributed by atoms with van der Waals surface area (Å²) in [6.45, 7) is 2.01. The summed E-state index contributed by atoms with van der Waals surface area (Å²) in [5.41, 5.74) is 1.87. The quantitative estimate of drug-likeness (QED) is 0.523. The third-order valence-corrected chi connectivity index (χ3v) is 5.30. The standard InChI is InChI=1S/C19H15F2N5OS/c1-11-6-15(24-25(11)2)18(27)26(10-12-4-3-5-22-9-12)19-23-17-14(21)7-13(20)8-16(17)28-19/h3-9H,10H2,1-2H3. The topological polar surface area (TPSA) is 63.9 Å². The number of amides is 1. The van der Waals surface area contributed by atoms with Crippen LogP contribution < -0.4 is 4.90 Å². The number of pyridine rings is 1. The van der Waals surface area contributed by atoms with Crippen molar-refractivity contribution in [2.75, 3.05) is 4.90 Å². The number of thiazole rings is 1. The van der Waals surface area contributed by atoms with E-state index in [-0.39, 0.29) is 28.8 Å². The molecule has 0 aliphatic carbocycles. The van der Waals surface area contributed by atoms with E-state index in [1.165, 1.54) is 11.0 Å². The predicted molar refractivity (Wildman–Crippen MR) is 102 cm³/mol. The molecule has 6 nitrogen and oxygen atoms in total. The number of aryl methyl sites for hydroxylation is 2. The maximum Gasteiger partial charge on any atom is 0.280 e. The molecule has 0 fully saturated rings. The molecular weight excluding hydrogens is 384 g/mol. The van der Waals surface area contributed by atoms with Crippen molar-refractivity contribution < 1.29 is 13.6 Å². The van der Waals surface area contributed by atoms with Crippen LogP contribution in [0.25, 0.3) is 10.2 Å². The zero-order valence-electron chi connectivity index (χ0n) is 15.1. The number of fused-ring (bicyclic) bond motifs is 1. The van der Waals surface area contributed by atoms with Gasteiger partial charge in [-0.2, -0.15) is 5.10 Å². The molecular formula is C19H15F2N5OS. The van der Waals surface area contributed by atoms with Crippen molar-refractivity contribution in [1.29, 1.82) is 0 Å². The highest BCUT2D eigenvalue weighted by atomic mass is 32.1. The van der Waals surface area contributed by atoms with Crippen LogP contribution >= 0.6 is 11.3 Å². The fourth-order valence-electron chi connectivity index (χ4n) is 2.76. The summed E-state index contributed by atoms with van der Waals surface area (Å²) in [6, 6.07) is 7.24. The fraction of sp³-hybridized carbons (Fsp3) is 0.158. The number of halogens is 2. The van der Waals surface area contributed by atoms with Crippen molar-refractivity contribution in [3.05, 3.63) is 71.3 Å². The molecule has 0 saturated heterocycles. The molecule has 4 rings (SSSR count). The Labute approximate surface area is 163 Å². The van der Waals surface area contributed by atoms with Crippen LogP contribution in [0.1, 0.15) is 21.7 Å². The van der Waals surface area contributed by atoms with E-state index in [9.17, 15) is 13.6 Å². The van der Waals surface area contributed by atoms with Crippen LogP contribution in [-0.4, -0.2) is 25.7 Å². The Balaban J connectivity index is 1.80. The molecule has 9 heteroatoms. The van der Waals surface area contributed by atoms with Crippen LogP contribution in [0.15, 0.2) is 42.7 Å². The molecule has 0 spiro atoms. The van der Waals surface area contributed by atoms with Gasteiger partial charge in [-0.25, -0.2) is 13.8 Å². The van der Waals surface area contributed by atoms with E-state index in [1.807, 2.05) is 13.0 Å². The van der Waals surface area contributed by atoms with Gasteiger partial charge < -0.3 is 0 Å². The minimum absolute atomic E-state index is 0.0302. The summed E-state index contributed by atoms with van der Waals surface area (Å²) < 4.78 is 29.6. The van der Waals surface area contributed by atoms with E-state index in [1.54, 1.807) is 36.3 Å². The van der Waals surface area contributed by atoms with E-state index < -0.39 is 11.6 Å². The summed E-state index contributed by atoms with van der Waals surface area (Å²) in [6.07, 6.45) is 3.27. The zero-order valence-corrected chi connectivity index (χ0v) is 15.9. The first-order valence-corrected chi connectivity index (χ1v) is 9.21. The molecule has 142 valence electrons. The lowest BCUT2D eigenvalue weighted by Gasteiger charge is -2.18. The minimum atomic E-state index is -0.764. The number of nitrogens with zero attached hydrogens (tertiary/aromatic N) is 5. The molecule has 1 aromatic carbocycles. The zero-order chi connectivity index (χ0) is 19.8. The number of hydrogen-bond acceptors (Lipinski definition) is 5. The third kappa shape index (κ3) is 3.36. The summed E-state index contributed by atoms with van der Waals surface area (Å²) in [4.78, 5) is 22.9. The predicted octanol–water partition coefficient (Wildman–Crippen LogP) is 3.86. The van der Waals surface area contributed by atoms with Gasteiger partial charge in [0.25, 0.3) is 5.91 Å². The monoisotopic (exact) mass is 399 g/mol. The van der Waals surface area contributed by atoms with Gasteiger partial charge in [0.2, 0.25) is 0 Å². The van der Waals surface area contributed by atoms with Gasteiger partial charge in [0.1, 0.15) is 11.3 Å². The van der Waals surface area contributed by atoms with Gasteiger partial charge in [-0.3, -0.25) is 19.4 Å². The number of carbonyl (C=O) groups is 1. The minimum Gasteiger partial charge on any atom is -0.278 e. The molecule has 4 aromatic rings. The number of carbonyl (C=O) groups excluding carboxylic acids is 1. The van der Waals surface area contributed by atoms with E-state index >= 15 is 0 Å². The second kappa shape index (κ2) is 7.08. The maximum absolute atomic E-state index is 14.1. The third-order valence-electron chi connectivity index (χ3n) is 4.27. The number of anilines is 1. The molecule has 3 aromatic heterocycles. The second-order valence-corrected chi connectivity index (χ2v) is 7.29. The van der Waals surface area contributed by atoms with Crippen LogP contribution in [0.2, 0.25) is 0 Å². The Morgan fingerprint density at radius 3 is 2.79 bits per heavy atom. The molecule has 0 aliphatic rings. The summed E-state index contributed by atoms with van der Waals surface area (Å²) in [5, 5.41) is 4.50. The van der Waals surface area contributed by atoms with Crippen LogP contribution in [0.4, 0.5) is 13.9 Å². The van der Waals surface area contributed by atoms with Crippen molar-refractivity contribution in [3.63, 3.8) is 0 Å². The normalized spacial score (nSPS) is 11.1. The largest absolute Gasteiger partial charge is 0.280 e. The lowest BCUT2D eigenvalue weighted by molar-refractivity contribution is 0.0979. The Kier molecular flexibility index (Phi) is 4.60. The maximum atomic E-state index is 14.1. The molecule has 0 bridgehead atoms. The fourth-order valence-corrected chi connectivity index (χ4v) is 3.77. The Morgan fingerprint density at radius 1 is 1.29 bits per heavy atom. The molecule has 0 aliphatic heterocycles. The highest BCUT2D eigenvalue weighted by Crippen LogP contribution is 2.32. The van der Waals surface area contributed by atoms with Crippen molar-refractivity contribution in [2.24, 2.45) is 7.05 Å². The van der Waals surface area contributed by atoms with E-state index in [0.717, 1.165) is 28.7 Å². The number of rotatable bonds is 4. The molecule has 1 amide bonds. The van der Waals surface area contributed by atoms with Crippen LogP contribution in [0, 0.1) is 18.6 Å². The van der Waals surface area contributed by atoms with Crippen LogP contribution in [-0.2, 0) is 13.6 Å². The molecule has 0 N–H and O–H groups in total. The van der Waals surface area contributed by atoms with Crippen molar-refractivity contribution >= 4 is 32.6 Å². The van der Waals surface area contributed by atoms with Gasteiger partial charge in [-0.15, -0.1) is 0 Å². The number of benzene rings is 1. The molecule has 0 atom stereocenters. The first kappa shape index (κ1) is 18.2. The van der Waals surface area contributed by atoms with Gasteiger partial charge in [0.05, 0.1) is 11.2 Å². The Bertz CT molecular complexity index is 1150. The van der Waals surface area contributed by atoms with Crippen LogP contribution in [0.5, 0.6) is 0 Å². The van der Waals surface area contributed by atoms with Gasteiger partial charge in [-0.05, 0) is 30.7 Å². The van der Waals surface area contributed by atoms with Gasteiger partial charge >= 0.3 is 0 Å². The van der Waals surface area contributed by atoms with E-state index in [0.29, 0.717) is 4.70 Å². The summed E-state index contributed by atoms with van der Waals surface area (Å²) in [5.74, 6) is -1.84. The highest BCUT2D eigenvalue weighted by Gasteiger charge is 2.25. The lowest BCUT2D eigenvalue weighted by Crippen LogP contribution is -2.30. The Hall–Kier alpha value is -3.20. The van der Waals surface area contributed by atoms with Crippen molar-refractivity contribution in [2.45, 2.75) is 13.5 Å². The van der Waals surface area contributed by atoms with Gasteiger partial charge in [0.15, 0.2) is 16.6 Å². The molecule has 3 heterocycles. The van der Waals surface area contributed by atoms with Gasteiger partial charge in [0, 0.05) is 31.2 Å². The lowest BCUT2D eigenvalue weighted by atomic mass is 10.2. The highest BCUT2D eigenvalue weighted by molar-refractivity contribution is 7.22.